The zero-order chi connectivity index (χ0) is 31.6. The molecule has 0 atom stereocenters. The van der Waals surface area contributed by atoms with Crippen molar-refractivity contribution in [1.29, 1.82) is 0 Å². The highest BCUT2D eigenvalue weighted by Crippen LogP contribution is 2.32. The second kappa shape index (κ2) is 12.4. The molecule has 4 rings (SSSR count). The van der Waals surface area contributed by atoms with E-state index in [-0.39, 0.29) is 37.5 Å². The van der Waals surface area contributed by atoms with Crippen molar-refractivity contribution in [3.63, 3.8) is 0 Å². The Morgan fingerprint density at radius 1 is 0.744 bits per heavy atom. The van der Waals surface area contributed by atoms with Gasteiger partial charge in [-0.3, -0.25) is 19.2 Å². The summed E-state index contributed by atoms with van der Waals surface area (Å²) >= 11 is 0. The van der Waals surface area contributed by atoms with E-state index in [9.17, 15) is 29.4 Å². The monoisotopic (exact) mass is 584 g/mol. The molecule has 10 nitrogen and oxygen atoms in total. The van der Waals surface area contributed by atoms with E-state index in [0.717, 1.165) is 44.9 Å². The van der Waals surface area contributed by atoms with Gasteiger partial charge in [0.2, 0.25) is 0 Å². The summed E-state index contributed by atoms with van der Waals surface area (Å²) in [5, 5.41) is 24.3. The van der Waals surface area contributed by atoms with Gasteiger partial charge in [0.1, 0.15) is 0 Å². The van der Waals surface area contributed by atoms with Gasteiger partial charge in [-0.15, -0.1) is 0 Å². The van der Waals surface area contributed by atoms with E-state index in [1.54, 1.807) is 32.1 Å². The number of aliphatic carboxylic acids is 2. The summed E-state index contributed by atoms with van der Waals surface area (Å²) in [5.74, 6) is -2.34. The van der Waals surface area contributed by atoms with Crippen LogP contribution in [-0.4, -0.2) is 43.9 Å². The highest BCUT2D eigenvalue weighted by molar-refractivity contribution is 6.02. The summed E-state index contributed by atoms with van der Waals surface area (Å²) in [6.45, 7) is 15.1. The number of carbonyl (C=O) groups is 4. The molecule has 224 valence electrons. The molecule has 0 bridgehead atoms. The number of rotatable bonds is 12. The summed E-state index contributed by atoms with van der Waals surface area (Å²) in [6, 6.07) is 0. The van der Waals surface area contributed by atoms with Crippen molar-refractivity contribution in [1.82, 2.24) is 20.6 Å². The van der Waals surface area contributed by atoms with Crippen LogP contribution < -0.4 is 10.6 Å². The number of carboxylic acid groups (broad SMARTS) is 2. The van der Waals surface area contributed by atoms with E-state index in [0.29, 0.717) is 40.2 Å². The maximum absolute atomic E-state index is 12.5. The van der Waals surface area contributed by atoms with Crippen LogP contribution in [-0.2, 0) is 32.0 Å². The van der Waals surface area contributed by atoms with Crippen molar-refractivity contribution in [3.8, 4) is 0 Å². The van der Waals surface area contributed by atoms with Crippen LogP contribution in [0.1, 0.15) is 78.1 Å². The number of hydrogen-bond donors (Lipinski definition) is 6. The third kappa shape index (κ3) is 6.23. The number of carboxylic acids is 2. The number of nitrogens with one attached hydrogen (secondary N) is 4. The van der Waals surface area contributed by atoms with Crippen molar-refractivity contribution >= 4 is 42.0 Å². The number of hydrogen-bond acceptors (Lipinski definition) is 4. The Hall–Kier alpha value is -5.12. The van der Waals surface area contributed by atoms with Crippen molar-refractivity contribution < 1.29 is 29.4 Å². The maximum Gasteiger partial charge on any atom is 0.303 e. The molecule has 4 heterocycles. The van der Waals surface area contributed by atoms with Gasteiger partial charge in [0.25, 0.3) is 11.8 Å². The van der Waals surface area contributed by atoms with Crippen molar-refractivity contribution in [2.24, 2.45) is 0 Å². The largest absolute Gasteiger partial charge is 0.481 e. The van der Waals surface area contributed by atoms with Gasteiger partial charge in [0.05, 0.1) is 5.70 Å². The van der Waals surface area contributed by atoms with Gasteiger partial charge < -0.3 is 30.8 Å². The molecule has 6 N–H and O–H groups in total. The van der Waals surface area contributed by atoms with Gasteiger partial charge in [-0.1, -0.05) is 25.3 Å². The van der Waals surface area contributed by atoms with Crippen molar-refractivity contribution in [2.75, 3.05) is 0 Å². The molecule has 43 heavy (non-hydrogen) atoms. The first-order chi connectivity index (χ1) is 20.4. The Kier molecular flexibility index (Phi) is 8.89. The van der Waals surface area contributed by atoms with Crippen LogP contribution in [0.5, 0.6) is 0 Å². The van der Waals surface area contributed by atoms with E-state index < -0.39 is 11.9 Å². The van der Waals surface area contributed by atoms with Gasteiger partial charge in [0.15, 0.2) is 0 Å². The lowest BCUT2D eigenvalue weighted by molar-refractivity contribution is -0.138. The molecule has 2 amide bonds. The Morgan fingerprint density at radius 3 is 1.95 bits per heavy atom. The number of aromatic nitrogens is 2. The maximum atomic E-state index is 12.5. The molecule has 2 aliphatic rings. The molecule has 0 unspecified atom stereocenters. The highest BCUT2D eigenvalue weighted by Gasteiger charge is 2.26. The van der Waals surface area contributed by atoms with Gasteiger partial charge in [-0.25, -0.2) is 0 Å². The van der Waals surface area contributed by atoms with Gasteiger partial charge in [-0.05, 0) is 80.5 Å². The number of H-pyrrole nitrogens is 2. The molecule has 0 fully saturated rings. The molecule has 2 aromatic rings. The second-order valence-electron chi connectivity index (χ2n) is 10.7. The standard InChI is InChI=1S/C33H36N4O6/c1-7-20-16(3)24(14-27-21(8-2)18(5)32(42)36-27)34-26(20)13-25-17(4)22(9-11-30(38)39)28(35-25)15-29-23(10-12-31(40)41)19(6)33(43)37-29/h7-8,14-15,34-35H,1-2,9-13H2,3-6H3,(H,36,42)(H,37,43)(H,38,39)(H,40,41)/b27-14-,29-15-. The lowest BCUT2D eigenvalue weighted by Crippen LogP contribution is -2.15. The molecule has 0 radical (unpaired) electrons. The van der Waals surface area contributed by atoms with Crippen LogP contribution in [0.3, 0.4) is 0 Å². The van der Waals surface area contributed by atoms with Gasteiger partial charge in [0, 0.05) is 64.5 Å². The fourth-order valence-electron chi connectivity index (χ4n) is 5.58. The Labute approximate surface area is 249 Å². The third-order valence-electron chi connectivity index (χ3n) is 8.10. The molecule has 2 aliphatic heterocycles. The quantitative estimate of drug-likeness (QED) is 0.209. The summed E-state index contributed by atoms with van der Waals surface area (Å²) in [4.78, 5) is 54.3. The van der Waals surface area contributed by atoms with E-state index in [1.165, 1.54) is 0 Å². The summed E-state index contributed by atoms with van der Waals surface area (Å²) in [5.41, 5.74) is 10.3. The van der Waals surface area contributed by atoms with Crippen molar-refractivity contribution in [2.45, 2.75) is 59.8 Å². The van der Waals surface area contributed by atoms with Crippen LogP contribution in [0.15, 0.2) is 52.9 Å². The minimum Gasteiger partial charge on any atom is -0.481 e. The Balaban J connectivity index is 1.75. The molecular weight excluding hydrogens is 548 g/mol. The second-order valence-corrected chi connectivity index (χ2v) is 10.7. The number of carbonyl (C=O) groups excluding carboxylic acids is 2. The minimum absolute atomic E-state index is 0.0804. The van der Waals surface area contributed by atoms with Gasteiger partial charge in [-0.2, -0.15) is 0 Å². The first-order valence-corrected chi connectivity index (χ1v) is 13.9. The van der Waals surface area contributed by atoms with Crippen LogP contribution >= 0.6 is 0 Å². The molecular formula is C33H36N4O6. The smallest absolute Gasteiger partial charge is 0.303 e. The topological polar surface area (TPSA) is 164 Å². The molecule has 0 saturated heterocycles. The third-order valence-corrected chi connectivity index (χ3v) is 8.10. The predicted molar refractivity (Wildman–Crippen MR) is 165 cm³/mol. The molecule has 0 aliphatic carbocycles. The van der Waals surface area contributed by atoms with E-state index in [4.69, 9.17) is 0 Å². The summed E-state index contributed by atoms with van der Waals surface area (Å²) in [6.07, 6.45) is 7.77. The van der Waals surface area contributed by atoms with Crippen molar-refractivity contribution in [3.05, 3.63) is 97.9 Å². The van der Waals surface area contributed by atoms with Gasteiger partial charge >= 0.3 is 11.9 Å². The van der Waals surface area contributed by atoms with E-state index in [1.807, 2.05) is 19.9 Å². The molecule has 0 spiro atoms. The minimum atomic E-state index is -0.962. The first kappa shape index (κ1) is 30.8. The van der Waals surface area contributed by atoms with Crippen LogP contribution in [0.2, 0.25) is 0 Å². The van der Waals surface area contributed by atoms with Crippen LogP contribution in [0, 0.1) is 13.8 Å². The zero-order valence-electron chi connectivity index (χ0n) is 24.8. The predicted octanol–water partition coefficient (Wildman–Crippen LogP) is 4.84. The Morgan fingerprint density at radius 2 is 1.33 bits per heavy atom. The lowest BCUT2D eigenvalue weighted by atomic mass is 9.99. The van der Waals surface area contributed by atoms with Crippen LogP contribution in [0.4, 0.5) is 0 Å². The highest BCUT2D eigenvalue weighted by atomic mass is 16.4. The fourth-order valence-corrected chi connectivity index (χ4v) is 5.58. The number of amides is 2. The van der Waals surface area contributed by atoms with E-state index in [2.05, 4.69) is 33.8 Å². The summed E-state index contributed by atoms with van der Waals surface area (Å²) in [7, 11) is 0. The molecule has 2 aromatic heterocycles. The lowest BCUT2D eigenvalue weighted by Gasteiger charge is -2.06. The number of allylic oxidation sites excluding steroid dienone is 2. The average Bonchev–Trinajstić information content (AvgIpc) is 3.59. The molecule has 0 aromatic carbocycles. The average molecular weight is 585 g/mol. The first-order valence-electron chi connectivity index (χ1n) is 13.9. The molecule has 0 saturated carbocycles. The van der Waals surface area contributed by atoms with E-state index >= 15 is 0 Å². The van der Waals surface area contributed by atoms with Crippen LogP contribution in [0.25, 0.3) is 18.2 Å². The Bertz CT molecular complexity index is 1710. The normalized spacial score (nSPS) is 16.8. The zero-order valence-corrected chi connectivity index (χ0v) is 24.8. The molecule has 10 heteroatoms. The SMILES string of the molecule is C=CC1=C(C)C(=O)N/C1=C\c1[nH]c(Cc2[nH]c(/C=C3\NC(=O)C(C)=C3CCC(=O)O)c(CCC(=O)O)c2C)c(C=C)c1C. The summed E-state index contributed by atoms with van der Waals surface area (Å²) < 4.78 is 0. The number of aromatic amines is 2. The fraction of sp³-hybridized carbons (Fsp3) is 0.273.